The molecule has 0 spiro atoms. The summed E-state index contributed by atoms with van der Waals surface area (Å²) in [4.78, 5) is 79.2. The molecule has 284 valence electrons. The second-order valence-electron chi connectivity index (χ2n) is 14.1. The van der Waals surface area contributed by atoms with Crippen LogP contribution in [0.5, 0.6) is 0 Å². The Bertz CT molecular complexity index is 2180. The fourth-order valence-corrected chi connectivity index (χ4v) is 6.79. The number of hydrogen-bond donors (Lipinski definition) is 4. The highest BCUT2D eigenvalue weighted by atomic mass is 16.5. The van der Waals surface area contributed by atoms with Gasteiger partial charge in [-0.1, -0.05) is 79.7 Å². The summed E-state index contributed by atoms with van der Waals surface area (Å²) < 4.78 is 16.6. The Hall–Kier alpha value is -6.58. The van der Waals surface area contributed by atoms with Gasteiger partial charge in [-0.25, -0.2) is 9.97 Å². The van der Waals surface area contributed by atoms with Crippen LogP contribution in [0.25, 0.3) is 11.3 Å². The molecule has 3 aromatic heterocycles. The topological polar surface area (TPSA) is 215 Å². The van der Waals surface area contributed by atoms with Gasteiger partial charge in [-0.05, 0) is 31.2 Å². The lowest BCUT2D eigenvalue weighted by Gasteiger charge is -2.25. The SMILES string of the molecule is CC(C)C[C@H]1NC(=O)c2coc(n2)[C@H](Cc2ccccc2)NC(=O)[C@@H]2C[C@H](NC(=O)c3conc3-c3ccccc3)CN2C(=O)c2coc(n2)[C@@H](C)NC1=O. The van der Waals surface area contributed by atoms with E-state index in [9.17, 15) is 24.0 Å². The molecule has 1 fully saturated rings. The van der Waals surface area contributed by atoms with E-state index in [-0.39, 0.29) is 54.0 Å². The van der Waals surface area contributed by atoms with E-state index in [4.69, 9.17) is 13.4 Å². The normalized spacial score (nSPS) is 22.0. The Morgan fingerprint density at radius 1 is 0.855 bits per heavy atom. The van der Waals surface area contributed by atoms with Crippen LogP contribution in [-0.2, 0) is 16.0 Å². The smallest absolute Gasteiger partial charge is 0.276 e. The van der Waals surface area contributed by atoms with E-state index < -0.39 is 59.7 Å². The summed E-state index contributed by atoms with van der Waals surface area (Å²) in [5.74, 6) is -2.66. The first-order valence-electron chi connectivity index (χ1n) is 18.0. The third kappa shape index (κ3) is 8.17. The molecule has 4 bridgehead atoms. The number of aromatic nitrogens is 3. The van der Waals surface area contributed by atoms with Gasteiger partial charge >= 0.3 is 0 Å². The highest BCUT2D eigenvalue weighted by Gasteiger charge is 2.43. The maximum Gasteiger partial charge on any atom is 0.276 e. The van der Waals surface area contributed by atoms with Gasteiger partial charge in [0.05, 0.1) is 0 Å². The van der Waals surface area contributed by atoms with Gasteiger partial charge in [0.25, 0.3) is 17.7 Å². The predicted octanol–water partition coefficient (Wildman–Crippen LogP) is 3.77. The summed E-state index contributed by atoms with van der Waals surface area (Å²) in [5.41, 5.74) is 1.86. The van der Waals surface area contributed by atoms with Crippen LogP contribution in [0.4, 0.5) is 0 Å². The number of carbonyl (C=O) groups excluding carboxylic acids is 5. The molecule has 16 nitrogen and oxygen atoms in total. The number of carbonyl (C=O) groups is 5. The highest BCUT2D eigenvalue weighted by molar-refractivity contribution is 6.00. The minimum atomic E-state index is -1.09. The summed E-state index contributed by atoms with van der Waals surface area (Å²) in [6, 6.07) is 14.0. The largest absolute Gasteiger partial charge is 0.446 e. The number of oxazole rings is 2. The van der Waals surface area contributed by atoms with Gasteiger partial charge in [-0.3, -0.25) is 24.0 Å². The molecule has 0 aliphatic carbocycles. The number of fused-ring (bicyclic) bond motifs is 5. The number of hydrogen-bond acceptors (Lipinski definition) is 11. The zero-order valence-corrected chi connectivity index (χ0v) is 30.4. The predicted molar refractivity (Wildman–Crippen MR) is 194 cm³/mol. The molecule has 5 atom stereocenters. The number of nitrogens with one attached hydrogen (secondary N) is 4. The van der Waals surface area contributed by atoms with Crippen molar-refractivity contribution in [2.24, 2.45) is 5.92 Å². The minimum absolute atomic E-state index is 0.0396. The van der Waals surface area contributed by atoms with Crippen molar-refractivity contribution in [2.75, 3.05) is 6.54 Å². The van der Waals surface area contributed by atoms with E-state index in [0.29, 0.717) is 17.7 Å². The van der Waals surface area contributed by atoms with E-state index in [2.05, 4.69) is 36.4 Å². The van der Waals surface area contributed by atoms with Crippen LogP contribution >= 0.6 is 0 Å². The molecule has 1 saturated heterocycles. The molecule has 5 heterocycles. The number of benzene rings is 2. The molecular formula is C39H40N8O8. The molecule has 0 saturated carbocycles. The second kappa shape index (κ2) is 15.8. The minimum Gasteiger partial charge on any atom is -0.446 e. The maximum absolute atomic E-state index is 14.3. The summed E-state index contributed by atoms with van der Waals surface area (Å²) in [6.45, 7) is 5.42. The molecule has 0 radical (unpaired) electrons. The lowest BCUT2D eigenvalue weighted by atomic mass is 10.0. The first-order chi connectivity index (χ1) is 26.5. The molecule has 2 aliphatic rings. The third-order valence-electron chi connectivity index (χ3n) is 9.51. The van der Waals surface area contributed by atoms with Crippen molar-refractivity contribution in [3.8, 4) is 11.3 Å². The number of amides is 5. The van der Waals surface area contributed by atoms with Crippen molar-refractivity contribution in [2.45, 2.75) is 70.2 Å². The highest BCUT2D eigenvalue weighted by Crippen LogP contribution is 2.27. The maximum atomic E-state index is 14.3. The number of rotatable bonds is 7. The molecule has 2 aromatic carbocycles. The average molecular weight is 749 g/mol. The van der Waals surface area contributed by atoms with Gasteiger partial charge in [0.1, 0.15) is 54.2 Å². The van der Waals surface area contributed by atoms with E-state index in [1.165, 1.54) is 17.4 Å². The summed E-state index contributed by atoms with van der Waals surface area (Å²) in [7, 11) is 0. The summed E-state index contributed by atoms with van der Waals surface area (Å²) >= 11 is 0. The summed E-state index contributed by atoms with van der Waals surface area (Å²) in [6.07, 6.45) is 4.18. The van der Waals surface area contributed by atoms with Crippen LogP contribution in [0.1, 0.15) is 94.4 Å². The molecule has 5 amide bonds. The Labute approximate surface area is 315 Å². The standard InChI is InChI=1S/C39H40N8O8/c1-21(2)14-27-34(49)40-22(3)37-45-30(20-53-37)39(52)47-17-25(41-33(48)26-18-55-46-32(26)24-12-8-5-9-13-24)16-31(47)36(51)43-28(15-23-10-6-4-7-11-23)38-44-29(19-54-38)35(50)42-27/h4-13,18-22,25,27-28,31H,14-17H2,1-3H3,(H,40,49)(H,41,48)(H,42,50)(H,43,51)/t22-,25+,27-,28+,31+/m1/s1. The second-order valence-corrected chi connectivity index (χ2v) is 14.1. The molecular weight excluding hydrogens is 708 g/mol. The van der Waals surface area contributed by atoms with Crippen molar-refractivity contribution in [3.05, 3.63) is 114 Å². The Balaban J connectivity index is 1.22. The molecule has 0 unspecified atom stereocenters. The molecule has 5 aromatic rings. The quantitative estimate of drug-likeness (QED) is 0.188. The van der Waals surface area contributed by atoms with E-state index in [0.717, 1.165) is 11.8 Å². The molecule has 4 N–H and O–H groups in total. The Morgan fingerprint density at radius 2 is 1.55 bits per heavy atom. The van der Waals surface area contributed by atoms with Crippen LogP contribution in [0.2, 0.25) is 0 Å². The van der Waals surface area contributed by atoms with Gasteiger partial charge in [-0.15, -0.1) is 0 Å². The monoisotopic (exact) mass is 748 g/mol. The van der Waals surface area contributed by atoms with Crippen LogP contribution in [0.15, 0.2) is 92.8 Å². The summed E-state index contributed by atoms with van der Waals surface area (Å²) in [5, 5.41) is 15.5. The first-order valence-corrected chi connectivity index (χ1v) is 18.0. The lowest BCUT2D eigenvalue weighted by Crippen LogP contribution is -2.48. The van der Waals surface area contributed by atoms with Gasteiger partial charge in [0.2, 0.25) is 23.6 Å². The van der Waals surface area contributed by atoms with Crippen molar-refractivity contribution >= 4 is 29.5 Å². The molecule has 55 heavy (non-hydrogen) atoms. The van der Waals surface area contributed by atoms with Crippen LogP contribution in [-0.4, -0.2) is 74.2 Å². The zero-order chi connectivity index (χ0) is 38.6. The van der Waals surface area contributed by atoms with Crippen LogP contribution in [0, 0.1) is 5.92 Å². The molecule has 2 aliphatic heterocycles. The first kappa shape index (κ1) is 36.8. The fourth-order valence-electron chi connectivity index (χ4n) is 6.79. The van der Waals surface area contributed by atoms with Crippen LogP contribution in [0.3, 0.4) is 0 Å². The van der Waals surface area contributed by atoms with Gasteiger partial charge in [-0.2, -0.15) is 0 Å². The zero-order valence-electron chi connectivity index (χ0n) is 30.4. The van der Waals surface area contributed by atoms with Crippen molar-refractivity contribution in [3.63, 3.8) is 0 Å². The van der Waals surface area contributed by atoms with E-state index >= 15 is 0 Å². The van der Waals surface area contributed by atoms with Gasteiger partial charge in [0, 0.05) is 24.6 Å². The van der Waals surface area contributed by atoms with Crippen molar-refractivity contribution < 1.29 is 37.3 Å². The Kier molecular flexibility index (Phi) is 10.6. The molecule has 16 heteroatoms. The fraction of sp³-hybridized carbons (Fsp3) is 0.333. The van der Waals surface area contributed by atoms with Crippen molar-refractivity contribution in [1.29, 1.82) is 0 Å². The van der Waals surface area contributed by atoms with Gasteiger partial charge < -0.3 is 39.5 Å². The Morgan fingerprint density at radius 3 is 2.29 bits per heavy atom. The van der Waals surface area contributed by atoms with E-state index in [1.54, 1.807) is 19.1 Å². The lowest BCUT2D eigenvalue weighted by molar-refractivity contribution is -0.126. The van der Waals surface area contributed by atoms with E-state index in [1.807, 2.05) is 62.4 Å². The van der Waals surface area contributed by atoms with Crippen LogP contribution < -0.4 is 21.3 Å². The van der Waals surface area contributed by atoms with Gasteiger partial charge in [0.15, 0.2) is 11.4 Å². The molecule has 7 rings (SSSR count). The average Bonchev–Trinajstić information content (AvgIpc) is 4.01. The van der Waals surface area contributed by atoms with Crippen molar-refractivity contribution in [1.82, 2.24) is 41.3 Å². The number of nitrogens with zero attached hydrogens (tertiary/aromatic N) is 4. The third-order valence-corrected chi connectivity index (χ3v) is 9.51.